The molecule has 5 heteroatoms. The lowest BCUT2D eigenvalue weighted by atomic mass is 10.2. The van der Waals surface area contributed by atoms with E-state index >= 15 is 0 Å². The number of hydrogen-bond acceptors (Lipinski definition) is 3. The van der Waals surface area contributed by atoms with E-state index in [0.717, 1.165) is 41.9 Å². The van der Waals surface area contributed by atoms with Crippen LogP contribution in [-0.4, -0.2) is 19.3 Å². The van der Waals surface area contributed by atoms with E-state index in [4.69, 9.17) is 0 Å². The number of nitrogens with one attached hydrogen (secondary N) is 1. The molecule has 0 saturated carbocycles. The molecule has 0 unspecified atom stereocenters. The van der Waals surface area contributed by atoms with Gasteiger partial charge in [-0.3, -0.25) is 4.68 Å². The van der Waals surface area contributed by atoms with Crippen LogP contribution in [0.1, 0.15) is 24.7 Å². The Morgan fingerprint density at radius 2 is 2.19 bits per heavy atom. The third-order valence-electron chi connectivity index (χ3n) is 3.72. The van der Waals surface area contributed by atoms with Gasteiger partial charge in [0.2, 0.25) is 0 Å². The standard InChI is InChI=1S/C16H21N5/c1-4-7-21-8-5-6-14(21)11-17-13-9-15-12(2)19-20(3)16(15)18-10-13/h5-6,8-10,17H,4,7,11H2,1-3H3. The van der Waals surface area contributed by atoms with Crippen molar-refractivity contribution in [2.75, 3.05) is 5.32 Å². The summed E-state index contributed by atoms with van der Waals surface area (Å²) in [4.78, 5) is 4.49. The Labute approximate surface area is 124 Å². The third-order valence-corrected chi connectivity index (χ3v) is 3.72. The van der Waals surface area contributed by atoms with Gasteiger partial charge >= 0.3 is 0 Å². The highest BCUT2D eigenvalue weighted by Crippen LogP contribution is 2.19. The Bertz CT molecular complexity index is 753. The molecule has 3 rings (SSSR count). The molecule has 0 aliphatic carbocycles. The highest BCUT2D eigenvalue weighted by Gasteiger charge is 2.07. The van der Waals surface area contributed by atoms with Crippen molar-refractivity contribution >= 4 is 16.7 Å². The van der Waals surface area contributed by atoms with Crippen LogP contribution in [0.25, 0.3) is 11.0 Å². The smallest absolute Gasteiger partial charge is 0.157 e. The number of anilines is 1. The monoisotopic (exact) mass is 283 g/mol. The van der Waals surface area contributed by atoms with Crippen molar-refractivity contribution in [3.05, 3.63) is 42.0 Å². The molecule has 0 spiro atoms. The molecule has 3 aromatic rings. The Morgan fingerprint density at radius 3 is 3.00 bits per heavy atom. The molecule has 0 aliphatic heterocycles. The summed E-state index contributed by atoms with van der Waals surface area (Å²) in [5, 5.41) is 8.96. The van der Waals surface area contributed by atoms with Gasteiger partial charge < -0.3 is 9.88 Å². The van der Waals surface area contributed by atoms with E-state index in [1.807, 2.05) is 24.9 Å². The fourth-order valence-electron chi connectivity index (χ4n) is 2.67. The number of hydrogen-bond donors (Lipinski definition) is 1. The van der Waals surface area contributed by atoms with Crippen LogP contribution in [0.15, 0.2) is 30.6 Å². The fraction of sp³-hybridized carbons (Fsp3) is 0.375. The van der Waals surface area contributed by atoms with Gasteiger partial charge in [0.15, 0.2) is 5.65 Å². The molecule has 1 N–H and O–H groups in total. The summed E-state index contributed by atoms with van der Waals surface area (Å²) in [5.74, 6) is 0. The molecule has 3 heterocycles. The molecule has 0 saturated heterocycles. The van der Waals surface area contributed by atoms with Gasteiger partial charge in [0, 0.05) is 30.9 Å². The molecule has 21 heavy (non-hydrogen) atoms. The summed E-state index contributed by atoms with van der Waals surface area (Å²) in [6.45, 7) is 6.07. The minimum absolute atomic E-state index is 0.805. The molecule has 110 valence electrons. The average molecular weight is 283 g/mol. The number of rotatable bonds is 5. The molecule has 0 atom stereocenters. The summed E-state index contributed by atoms with van der Waals surface area (Å²) in [6, 6.07) is 6.38. The summed E-state index contributed by atoms with van der Waals surface area (Å²) >= 11 is 0. The topological polar surface area (TPSA) is 47.7 Å². The normalized spacial score (nSPS) is 11.2. The first-order valence-electron chi connectivity index (χ1n) is 7.36. The molecule has 0 aliphatic rings. The molecule has 0 radical (unpaired) electrons. The Balaban J connectivity index is 1.79. The summed E-state index contributed by atoms with van der Waals surface area (Å²) in [6.07, 6.45) is 5.15. The Morgan fingerprint density at radius 1 is 1.33 bits per heavy atom. The SMILES string of the molecule is CCCn1cccc1CNc1cnc2c(c1)c(C)nn2C. The number of aryl methyl sites for hydroxylation is 3. The first-order valence-corrected chi connectivity index (χ1v) is 7.36. The lowest BCUT2D eigenvalue weighted by Gasteiger charge is -2.10. The van der Waals surface area contributed by atoms with Gasteiger partial charge in [0.1, 0.15) is 0 Å². The zero-order valence-corrected chi connectivity index (χ0v) is 12.8. The van der Waals surface area contributed by atoms with Crippen LogP contribution < -0.4 is 5.32 Å². The van der Waals surface area contributed by atoms with E-state index in [1.165, 1.54) is 5.69 Å². The second-order valence-electron chi connectivity index (χ2n) is 5.35. The van der Waals surface area contributed by atoms with Gasteiger partial charge in [-0.15, -0.1) is 0 Å². The quantitative estimate of drug-likeness (QED) is 0.782. The molecule has 0 fully saturated rings. The first kappa shape index (κ1) is 13.7. The lowest BCUT2D eigenvalue weighted by Crippen LogP contribution is -2.07. The predicted octanol–water partition coefficient (Wildman–Crippen LogP) is 3.10. The molecular weight excluding hydrogens is 262 g/mol. The summed E-state index contributed by atoms with van der Waals surface area (Å²) in [5.41, 5.74) is 4.26. The zero-order valence-electron chi connectivity index (χ0n) is 12.8. The van der Waals surface area contributed by atoms with Crippen molar-refractivity contribution in [1.82, 2.24) is 19.3 Å². The molecule has 3 aromatic heterocycles. The summed E-state index contributed by atoms with van der Waals surface area (Å²) in [7, 11) is 1.92. The van der Waals surface area contributed by atoms with E-state index < -0.39 is 0 Å². The number of nitrogens with zero attached hydrogens (tertiary/aromatic N) is 4. The Kier molecular flexibility index (Phi) is 3.64. The van der Waals surface area contributed by atoms with Crippen LogP contribution in [0.2, 0.25) is 0 Å². The maximum Gasteiger partial charge on any atom is 0.157 e. The lowest BCUT2D eigenvalue weighted by molar-refractivity contribution is 0.654. The second kappa shape index (κ2) is 5.60. The van der Waals surface area contributed by atoms with Crippen molar-refractivity contribution in [2.24, 2.45) is 7.05 Å². The van der Waals surface area contributed by atoms with E-state index in [9.17, 15) is 0 Å². The van der Waals surface area contributed by atoms with Crippen molar-refractivity contribution < 1.29 is 0 Å². The number of fused-ring (bicyclic) bond motifs is 1. The van der Waals surface area contributed by atoms with Crippen molar-refractivity contribution in [3.8, 4) is 0 Å². The van der Waals surface area contributed by atoms with Crippen molar-refractivity contribution in [3.63, 3.8) is 0 Å². The third kappa shape index (κ3) is 2.63. The van der Waals surface area contributed by atoms with Crippen LogP contribution in [-0.2, 0) is 20.1 Å². The van der Waals surface area contributed by atoms with Crippen molar-refractivity contribution in [1.29, 1.82) is 0 Å². The largest absolute Gasteiger partial charge is 0.378 e. The molecule has 5 nitrogen and oxygen atoms in total. The molecule has 0 aromatic carbocycles. The van der Waals surface area contributed by atoms with Crippen LogP contribution in [0.5, 0.6) is 0 Å². The maximum absolute atomic E-state index is 4.49. The minimum atomic E-state index is 0.805. The van der Waals surface area contributed by atoms with Gasteiger partial charge in [-0.05, 0) is 31.5 Å². The first-order chi connectivity index (χ1) is 10.2. The highest BCUT2D eigenvalue weighted by molar-refractivity contribution is 5.81. The van der Waals surface area contributed by atoms with Crippen LogP contribution in [0.4, 0.5) is 5.69 Å². The highest BCUT2D eigenvalue weighted by atomic mass is 15.3. The van der Waals surface area contributed by atoms with E-state index in [1.54, 1.807) is 0 Å². The number of aromatic nitrogens is 4. The van der Waals surface area contributed by atoms with Gasteiger partial charge in [0.25, 0.3) is 0 Å². The zero-order chi connectivity index (χ0) is 14.8. The van der Waals surface area contributed by atoms with E-state index in [2.05, 4.69) is 51.3 Å². The molecular formula is C16H21N5. The minimum Gasteiger partial charge on any atom is -0.378 e. The van der Waals surface area contributed by atoms with Crippen LogP contribution in [0.3, 0.4) is 0 Å². The van der Waals surface area contributed by atoms with E-state index in [-0.39, 0.29) is 0 Å². The van der Waals surface area contributed by atoms with E-state index in [0.29, 0.717) is 0 Å². The molecule has 0 bridgehead atoms. The Hall–Kier alpha value is -2.30. The van der Waals surface area contributed by atoms with Crippen LogP contribution in [0, 0.1) is 6.92 Å². The molecule has 0 amide bonds. The summed E-state index contributed by atoms with van der Waals surface area (Å²) < 4.78 is 4.11. The predicted molar refractivity (Wildman–Crippen MR) is 85.3 cm³/mol. The average Bonchev–Trinajstić information content (AvgIpc) is 3.03. The van der Waals surface area contributed by atoms with Crippen molar-refractivity contribution in [2.45, 2.75) is 33.4 Å². The van der Waals surface area contributed by atoms with Gasteiger partial charge in [0.05, 0.1) is 24.1 Å². The fourth-order valence-corrected chi connectivity index (χ4v) is 2.67. The number of pyridine rings is 1. The van der Waals surface area contributed by atoms with Gasteiger partial charge in [-0.25, -0.2) is 4.98 Å². The maximum atomic E-state index is 4.49. The van der Waals surface area contributed by atoms with Crippen LogP contribution >= 0.6 is 0 Å². The van der Waals surface area contributed by atoms with Gasteiger partial charge in [-0.2, -0.15) is 5.10 Å². The van der Waals surface area contributed by atoms with Gasteiger partial charge in [-0.1, -0.05) is 6.92 Å². The second-order valence-corrected chi connectivity index (χ2v) is 5.35.